The van der Waals surface area contributed by atoms with Gasteiger partial charge in [0.2, 0.25) is 0 Å². The van der Waals surface area contributed by atoms with Gasteiger partial charge in [0, 0.05) is 12.0 Å². The smallest absolute Gasteiger partial charge is 0.338 e. The minimum Gasteiger partial charge on any atom is -0.462 e. The maximum Gasteiger partial charge on any atom is 0.338 e. The van der Waals surface area contributed by atoms with Crippen molar-refractivity contribution < 1.29 is 14.3 Å². The average molecular weight is 310 g/mol. The molecular weight excluding hydrogens is 288 g/mol. The van der Waals surface area contributed by atoms with Gasteiger partial charge in [-0.05, 0) is 44.4 Å². The molecule has 0 unspecified atom stereocenters. The number of aryl methyl sites for hydroxylation is 3. The van der Waals surface area contributed by atoms with E-state index >= 15 is 0 Å². The predicted octanol–water partition coefficient (Wildman–Crippen LogP) is 4.30. The van der Waals surface area contributed by atoms with Crippen molar-refractivity contribution in [3.8, 4) is 0 Å². The summed E-state index contributed by atoms with van der Waals surface area (Å²) in [6.45, 7) is 6.14. The number of hydrogen-bond acceptors (Lipinski definition) is 3. The zero-order valence-electron chi connectivity index (χ0n) is 13.9. The Balaban J connectivity index is 2.15. The molecular formula is C20H22O3. The van der Waals surface area contributed by atoms with Gasteiger partial charge in [0.15, 0.2) is 5.78 Å². The number of carbonyl (C=O) groups excluding carboxylic acids is 2. The first-order chi connectivity index (χ1) is 11.0. The molecule has 0 aromatic heterocycles. The molecule has 120 valence electrons. The number of carbonyl (C=O) groups is 2. The minimum atomic E-state index is -0.441. The van der Waals surface area contributed by atoms with Crippen molar-refractivity contribution in [2.75, 3.05) is 6.61 Å². The molecule has 0 N–H and O–H groups in total. The molecule has 2 aromatic rings. The summed E-state index contributed by atoms with van der Waals surface area (Å²) in [4.78, 5) is 24.5. The van der Waals surface area contributed by atoms with Crippen LogP contribution in [0.3, 0.4) is 0 Å². The Morgan fingerprint density at radius 2 is 1.70 bits per heavy atom. The van der Waals surface area contributed by atoms with Crippen molar-refractivity contribution in [2.24, 2.45) is 0 Å². The number of ether oxygens (including phenoxy) is 1. The zero-order chi connectivity index (χ0) is 16.8. The van der Waals surface area contributed by atoms with Crippen LogP contribution >= 0.6 is 0 Å². The van der Waals surface area contributed by atoms with Gasteiger partial charge in [0.05, 0.1) is 12.2 Å². The Bertz CT molecular complexity index is 717. The third kappa shape index (κ3) is 4.28. The monoisotopic (exact) mass is 310 g/mol. The van der Waals surface area contributed by atoms with E-state index in [0.29, 0.717) is 30.6 Å². The highest BCUT2D eigenvalue weighted by Crippen LogP contribution is 2.17. The van der Waals surface area contributed by atoms with E-state index in [-0.39, 0.29) is 5.78 Å². The SMILES string of the molecule is CCOC(=O)c1ccccc1C(=O)CCc1cc(C)ccc1C. The minimum absolute atomic E-state index is 0.0328. The van der Waals surface area contributed by atoms with Gasteiger partial charge >= 0.3 is 5.97 Å². The molecule has 0 bridgehead atoms. The fraction of sp³-hybridized carbons (Fsp3) is 0.300. The van der Waals surface area contributed by atoms with Crippen LogP contribution in [0.25, 0.3) is 0 Å². The van der Waals surface area contributed by atoms with Crippen LogP contribution in [0.5, 0.6) is 0 Å². The first-order valence-electron chi connectivity index (χ1n) is 7.88. The van der Waals surface area contributed by atoms with Crippen molar-refractivity contribution in [1.82, 2.24) is 0 Å². The second-order valence-corrected chi connectivity index (χ2v) is 5.62. The van der Waals surface area contributed by atoms with E-state index in [4.69, 9.17) is 4.74 Å². The van der Waals surface area contributed by atoms with Crippen LogP contribution in [-0.2, 0) is 11.2 Å². The molecule has 0 aliphatic heterocycles. The molecule has 0 aliphatic rings. The Hall–Kier alpha value is -2.42. The standard InChI is InChI=1S/C20H22O3/c1-4-23-20(22)18-8-6-5-7-17(18)19(21)12-11-16-13-14(2)9-10-15(16)3/h5-10,13H,4,11-12H2,1-3H3. The number of hydrogen-bond donors (Lipinski definition) is 0. The molecule has 3 nitrogen and oxygen atoms in total. The van der Waals surface area contributed by atoms with Crippen molar-refractivity contribution >= 4 is 11.8 Å². The summed E-state index contributed by atoms with van der Waals surface area (Å²) in [6, 6.07) is 13.1. The number of ketones is 1. The Labute approximate surface area is 137 Å². The summed E-state index contributed by atoms with van der Waals surface area (Å²) in [5.74, 6) is -0.474. The van der Waals surface area contributed by atoms with E-state index < -0.39 is 5.97 Å². The second-order valence-electron chi connectivity index (χ2n) is 5.62. The first-order valence-corrected chi connectivity index (χ1v) is 7.88. The molecule has 2 rings (SSSR count). The molecule has 2 aromatic carbocycles. The lowest BCUT2D eigenvalue weighted by Crippen LogP contribution is -2.12. The Morgan fingerprint density at radius 1 is 1.00 bits per heavy atom. The summed E-state index contributed by atoms with van der Waals surface area (Å²) in [6.07, 6.45) is 1.05. The quantitative estimate of drug-likeness (QED) is 0.590. The van der Waals surface area contributed by atoms with Gasteiger partial charge in [-0.1, -0.05) is 42.0 Å². The summed E-state index contributed by atoms with van der Waals surface area (Å²) >= 11 is 0. The van der Waals surface area contributed by atoms with Gasteiger partial charge in [-0.15, -0.1) is 0 Å². The van der Waals surface area contributed by atoms with Crippen LogP contribution in [0, 0.1) is 13.8 Å². The maximum absolute atomic E-state index is 12.5. The normalized spacial score (nSPS) is 10.4. The fourth-order valence-electron chi connectivity index (χ4n) is 2.57. The summed E-state index contributed by atoms with van der Waals surface area (Å²) in [7, 11) is 0. The lowest BCUT2D eigenvalue weighted by molar-refractivity contribution is 0.0523. The topological polar surface area (TPSA) is 43.4 Å². The van der Waals surface area contributed by atoms with E-state index in [1.54, 1.807) is 31.2 Å². The third-order valence-electron chi connectivity index (χ3n) is 3.85. The van der Waals surface area contributed by atoms with Crippen molar-refractivity contribution in [2.45, 2.75) is 33.6 Å². The van der Waals surface area contributed by atoms with E-state index in [9.17, 15) is 9.59 Å². The molecule has 0 spiro atoms. The molecule has 0 saturated heterocycles. The summed E-state index contributed by atoms with van der Waals surface area (Å²) in [5.41, 5.74) is 4.33. The van der Waals surface area contributed by atoms with Gasteiger partial charge in [0.25, 0.3) is 0 Å². The van der Waals surface area contributed by atoms with Crippen LogP contribution in [0.4, 0.5) is 0 Å². The van der Waals surface area contributed by atoms with Gasteiger partial charge in [-0.25, -0.2) is 4.79 Å². The van der Waals surface area contributed by atoms with E-state index in [1.165, 1.54) is 16.7 Å². The molecule has 0 aliphatic carbocycles. The number of esters is 1. The highest BCUT2D eigenvalue weighted by molar-refractivity contribution is 6.06. The largest absolute Gasteiger partial charge is 0.462 e. The van der Waals surface area contributed by atoms with Crippen molar-refractivity contribution in [3.05, 3.63) is 70.3 Å². The van der Waals surface area contributed by atoms with Crippen LogP contribution in [-0.4, -0.2) is 18.4 Å². The van der Waals surface area contributed by atoms with Crippen LogP contribution in [0.2, 0.25) is 0 Å². The number of benzene rings is 2. The molecule has 0 atom stereocenters. The van der Waals surface area contributed by atoms with Crippen LogP contribution < -0.4 is 0 Å². The lowest BCUT2D eigenvalue weighted by Gasteiger charge is -2.09. The maximum atomic E-state index is 12.5. The van der Waals surface area contributed by atoms with E-state index in [2.05, 4.69) is 18.2 Å². The van der Waals surface area contributed by atoms with Gasteiger partial charge in [-0.3, -0.25) is 4.79 Å². The van der Waals surface area contributed by atoms with E-state index in [1.807, 2.05) is 13.8 Å². The molecule has 23 heavy (non-hydrogen) atoms. The van der Waals surface area contributed by atoms with Gasteiger partial charge in [-0.2, -0.15) is 0 Å². The highest BCUT2D eigenvalue weighted by atomic mass is 16.5. The summed E-state index contributed by atoms with van der Waals surface area (Å²) < 4.78 is 5.03. The highest BCUT2D eigenvalue weighted by Gasteiger charge is 2.17. The summed E-state index contributed by atoms with van der Waals surface area (Å²) in [5, 5.41) is 0. The fourth-order valence-corrected chi connectivity index (χ4v) is 2.57. The lowest BCUT2D eigenvalue weighted by atomic mass is 9.96. The van der Waals surface area contributed by atoms with Gasteiger partial charge in [0.1, 0.15) is 0 Å². The number of rotatable bonds is 6. The third-order valence-corrected chi connectivity index (χ3v) is 3.85. The zero-order valence-corrected chi connectivity index (χ0v) is 13.9. The average Bonchev–Trinajstić information content (AvgIpc) is 2.55. The van der Waals surface area contributed by atoms with Crippen LogP contribution in [0.15, 0.2) is 42.5 Å². The molecule has 0 fully saturated rings. The van der Waals surface area contributed by atoms with E-state index in [0.717, 1.165) is 0 Å². The van der Waals surface area contributed by atoms with Gasteiger partial charge < -0.3 is 4.74 Å². The van der Waals surface area contributed by atoms with Crippen molar-refractivity contribution in [3.63, 3.8) is 0 Å². The molecule has 0 saturated carbocycles. The number of Topliss-reactive ketones (excluding diaryl/α,β-unsaturated/α-hetero) is 1. The molecule has 3 heteroatoms. The van der Waals surface area contributed by atoms with Crippen molar-refractivity contribution in [1.29, 1.82) is 0 Å². The molecule has 0 radical (unpaired) electrons. The molecule has 0 amide bonds. The van der Waals surface area contributed by atoms with Crippen LogP contribution in [0.1, 0.15) is 50.8 Å². The first kappa shape index (κ1) is 16.9. The second kappa shape index (κ2) is 7.73. The Morgan fingerprint density at radius 3 is 2.39 bits per heavy atom. The predicted molar refractivity (Wildman–Crippen MR) is 91.0 cm³/mol. The Kier molecular flexibility index (Phi) is 5.69. The molecule has 0 heterocycles.